The van der Waals surface area contributed by atoms with E-state index in [-0.39, 0.29) is 42.2 Å². The highest BCUT2D eigenvalue weighted by Gasteiger charge is 2.29. The molecule has 160 valence electrons. The number of carbonyl (C=O) groups excluding carboxylic acids is 3. The van der Waals surface area contributed by atoms with Crippen LogP contribution >= 0.6 is 0 Å². The normalized spacial score (nSPS) is 14.5. The molecule has 1 saturated heterocycles. The molecule has 1 aromatic carbocycles. The van der Waals surface area contributed by atoms with Gasteiger partial charge in [0.2, 0.25) is 17.2 Å². The molecule has 2 amide bonds. The zero-order valence-electron chi connectivity index (χ0n) is 17.2. The molecule has 0 atom stereocenters. The van der Waals surface area contributed by atoms with Gasteiger partial charge in [0.1, 0.15) is 6.54 Å². The van der Waals surface area contributed by atoms with Crippen LogP contribution in [0.5, 0.6) is 0 Å². The Morgan fingerprint density at radius 2 is 1.90 bits per heavy atom. The van der Waals surface area contributed by atoms with Crippen molar-refractivity contribution >= 4 is 28.7 Å². The lowest BCUT2D eigenvalue weighted by molar-refractivity contribution is -0.151. The molecule has 2 aromatic rings. The van der Waals surface area contributed by atoms with E-state index in [1.807, 2.05) is 0 Å². The smallest absolute Gasteiger partial charge is 0.309 e. The molecular weight excluding hydrogens is 388 g/mol. The number of ether oxygens (including phenoxy) is 1. The molecule has 0 radical (unpaired) electrons. The second kappa shape index (κ2) is 9.51. The van der Waals surface area contributed by atoms with Gasteiger partial charge in [-0.1, -0.05) is 12.1 Å². The van der Waals surface area contributed by atoms with E-state index in [9.17, 15) is 19.2 Å². The monoisotopic (exact) mass is 414 g/mol. The second-order valence-electron chi connectivity index (χ2n) is 7.34. The van der Waals surface area contributed by atoms with E-state index in [0.717, 1.165) is 0 Å². The van der Waals surface area contributed by atoms with Crippen LogP contribution in [0.25, 0.3) is 10.9 Å². The Morgan fingerprint density at radius 1 is 1.20 bits per heavy atom. The highest BCUT2D eigenvalue weighted by molar-refractivity contribution is 5.86. The predicted octanol–water partition coefficient (Wildman–Crippen LogP) is 0.657. The largest absolute Gasteiger partial charge is 0.466 e. The number of piperidine rings is 1. The number of hydrogen-bond donors (Lipinski definition) is 0. The minimum Gasteiger partial charge on any atom is -0.466 e. The van der Waals surface area contributed by atoms with Crippen molar-refractivity contribution in [1.29, 1.82) is 0 Å². The first kappa shape index (κ1) is 21.5. The SMILES string of the molecule is CCOC(=O)C1CCN(C(=O)CN(C)C(=O)Cn2ncc(=O)c3ccccc32)CC1. The maximum atomic E-state index is 12.6. The number of carbonyl (C=O) groups is 3. The average molecular weight is 414 g/mol. The number of hydrogen-bond acceptors (Lipinski definition) is 6. The summed E-state index contributed by atoms with van der Waals surface area (Å²) in [7, 11) is 1.57. The number of likely N-dealkylation sites (N-methyl/N-ethyl adjacent to an activating group) is 1. The molecule has 9 heteroatoms. The van der Waals surface area contributed by atoms with E-state index in [0.29, 0.717) is 43.4 Å². The van der Waals surface area contributed by atoms with Crippen LogP contribution < -0.4 is 5.43 Å². The Bertz CT molecular complexity index is 994. The lowest BCUT2D eigenvalue weighted by Crippen LogP contribution is -2.46. The van der Waals surface area contributed by atoms with Gasteiger partial charge in [-0.3, -0.25) is 23.9 Å². The number of rotatable bonds is 6. The third kappa shape index (κ3) is 4.84. The van der Waals surface area contributed by atoms with Gasteiger partial charge < -0.3 is 14.5 Å². The lowest BCUT2D eigenvalue weighted by atomic mass is 9.97. The first-order valence-corrected chi connectivity index (χ1v) is 10.0. The Balaban J connectivity index is 1.56. The zero-order valence-corrected chi connectivity index (χ0v) is 17.2. The van der Waals surface area contributed by atoms with Gasteiger partial charge in [0, 0.05) is 25.5 Å². The van der Waals surface area contributed by atoms with Crippen molar-refractivity contribution in [3.63, 3.8) is 0 Å². The molecule has 0 bridgehead atoms. The van der Waals surface area contributed by atoms with Crippen LogP contribution in [0.4, 0.5) is 0 Å². The minimum atomic E-state index is -0.286. The number of aromatic nitrogens is 2. The second-order valence-corrected chi connectivity index (χ2v) is 7.34. The number of likely N-dealkylation sites (tertiary alicyclic amines) is 1. The fraction of sp³-hybridized carbons (Fsp3) is 0.476. The van der Waals surface area contributed by atoms with Crippen molar-refractivity contribution in [2.24, 2.45) is 5.92 Å². The van der Waals surface area contributed by atoms with Crippen LogP contribution in [0.1, 0.15) is 19.8 Å². The molecule has 1 aliphatic heterocycles. The third-order valence-electron chi connectivity index (χ3n) is 5.31. The van der Waals surface area contributed by atoms with Gasteiger partial charge >= 0.3 is 5.97 Å². The minimum absolute atomic E-state index is 0.0545. The van der Waals surface area contributed by atoms with Crippen LogP contribution in [-0.2, 0) is 25.7 Å². The van der Waals surface area contributed by atoms with Crippen LogP contribution in [-0.4, -0.2) is 70.7 Å². The third-order valence-corrected chi connectivity index (χ3v) is 5.31. The highest BCUT2D eigenvalue weighted by atomic mass is 16.5. The van der Waals surface area contributed by atoms with E-state index in [1.54, 1.807) is 43.1 Å². The van der Waals surface area contributed by atoms with Crippen LogP contribution in [0.3, 0.4) is 0 Å². The molecule has 1 aliphatic rings. The van der Waals surface area contributed by atoms with Crippen LogP contribution in [0, 0.1) is 5.92 Å². The lowest BCUT2D eigenvalue weighted by Gasteiger charge is -2.32. The Labute approximate surface area is 174 Å². The summed E-state index contributed by atoms with van der Waals surface area (Å²) in [6, 6.07) is 6.95. The van der Waals surface area contributed by atoms with Gasteiger partial charge in [0.15, 0.2) is 0 Å². The van der Waals surface area contributed by atoms with E-state index >= 15 is 0 Å². The number of nitrogens with zero attached hydrogens (tertiary/aromatic N) is 4. The van der Waals surface area contributed by atoms with Crippen molar-refractivity contribution in [3.05, 3.63) is 40.7 Å². The molecule has 0 aliphatic carbocycles. The Kier molecular flexibility index (Phi) is 6.81. The van der Waals surface area contributed by atoms with E-state index in [2.05, 4.69) is 5.10 Å². The van der Waals surface area contributed by atoms with E-state index < -0.39 is 0 Å². The number of fused-ring (bicyclic) bond motifs is 1. The molecule has 0 unspecified atom stereocenters. The Morgan fingerprint density at radius 3 is 2.60 bits per heavy atom. The van der Waals surface area contributed by atoms with Gasteiger partial charge in [0.05, 0.1) is 30.8 Å². The quantitative estimate of drug-likeness (QED) is 0.644. The van der Waals surface area contributed by atoms with Crippen molar-refractivity contribution < 1.29 is 19.1 Å². The van der Waals surface area contributed by atoms with Gasteiger partial charge in [-0.2, -0.15) is 5.10 Å². The average Bonchev–Trinajstić information content (AvgIpc) is 2.76. The summed E-state index contributed by atoms with van der Waals surface area (Å²) >= 11 is 0. The van der Waals surface area contributed by atoms with Gasteiger partial charge in [-0.15, -0.1) is 0 Å². The molecule has 2 heterocycles. The molecule has 30 heavy (non-hydrogen) atoms. The fourth-order valence-electron chi connectivity index (χ4n) is 3.55. The first-order valence-electron chi connectivity index (χ1n) is 10.0. The predicted molar refractivity (Wildman–Crippen MR) is 110 cm³/mol. The van der Waals surface area contributed by atoms with Crippen molar-refractivity contribution in [3.8, 4) is 0 Å². The highest BCUT2D eigenvalue weighted by Crippen LogP contribution is 2.19. The standard InChI is InChI=1S/C21H26N4O5/c1-3-30-21(29)15-8-10-24(11-9-15)20(28)13-23(2)19(27)14-25-17-7-5-4-6-16(17)18(26)12-22-25/h4-7,12,15H,3,8-11,13-14H2,1-2H3. The molecule has 0 spiro atoms. The maximum Gasteiger partial charge on any atom is 0.309 e. The number of benzene rings is 1. The first-order chi connectivity index (χ1) is 14.4. The summed E-state index contributed by atoms with van der Waals surface area (Å²) in [4.78, 5) is 52.0. The van der Waals surface area contributed by atoms with Crippen molar-refractivity contribution in [2.45, 2.75) is 26.3 Å². The van der Waals surface area contributed by atoms with E-state index in [1.165, 1.54) is 15.8 Å². The zero-order chi connectivity index (χ0) is 21.7. The maximum absolute atomic E-state index is 12.6. The van der Waals surface area contributed by atoms with Gasteiger partial charge in [-0.05, 0) is 31.9 Å². The summed E-state index contributed by atoms with van der Waals surface area (Å²) in [5.41, 5.74) is 0.364. The van der Waals surface area contributed by atoms with Crippen molar-refractivity contribution in [2.75, 3.05) is 33.3 Å². The summed E-state index contributed by atoms with van der Waals surface area (Å²) in [6.45, 7) is 2.93. The molecule has 1 aromatic heterocycles. The molecule has 0 saturated carbocycles. The summed E-state index contributed by atoms with van der Waals surface area (Å²) in [5, 5.41) is 4.54. The number of esters is 1. The molecule has 1 fully saturated rings. The Hall–Kier alpha value is -3.23. The molecular formula is C21H26N4O5. The summed E-state index contributed by atoms with van der Waals surface area (Å²) in [6.07, 6.45) is 2.32. The topological polar surface area (TPSA) is 102 Å². The fourth-order valence-corrected chi connectivity index (χ4v) is 3.55. The summed E-state index contributed by atoms with van der Waals surface area (Å²) < 4.78 is 6.51. The van der Waals surface area contributed by atoms with Crippen molar-refractivity contribution in [1.82, 2.24) is 19.6 Å². The molecule has 0 N–H and O–H groups in total. The van der Waals surface area contributed by atoms with Gasteiger partial charge in [-0.25, -0.2) is 0 Å². The van der Waals surface area contributed by atoms with Crippen LogP contribution in [0.2, 0.25) is 0 Å². The van der Waals surface area contributed by atoms with Gasteiger partial charge in [0.25, 0.3) is 0 Å². The molecule has 3 rings (SSSR count). The number of amides is 2. The van der Waals surface area contributed by atoms with Crippen LogP contribution in [0.15, 0.2) is 35.3 Å². The molecule has 9 nitrogen and oxygen atoms in total. The van der Waals surface area contributed by atoms with E-state index in [4.69, 9.17) is 4.74 Å². The summed E-state index contributed by atoms with van der Waals surface area (Å²) in [5.74, 6) is -0.831. The number of para-hydroxylation sites is 1.